The molecule has 0 fully saturated rings. The summed E-state index contributed by atoms with van der Waals surface area (Å²) < 4.78 is 92.8. The van der Waals surface area contributed by atoms with Crippen molar-refractivity contribution in [1.82, 2.24) is 0 Å². The van der Waals surface area contributed by atoms with Crippen LogP contribution in [0.5, 0.6) is 23.0 Å². The SMILES string of the molecule is O=C(O)c1c(Oc2cccc(-c3ccccc3)c2Oc2ccc(C(F)(F)F)c(C(=O)O)c2C(=O)O)ccc(C(F)(F)F)c1C(=O)O. The molecule has 4 rings (SSSR count). The summed E-state index contributed by atoms with van der Waals surface area (Å²) in [7, 11) is 0. The van der Waals surface area contributed by atoms with E-state index in [1.807, 2.05) is 0 Å². The Bertz CT molecular complexity index is 1880. The van der Waals surface area contributed by atoms with Crippen molar-refractivity contribution in [3.05, 3.63) is 106 Å². The molecule has 0 saturated heterocycles. The van der Waals surface area contributed by atoms with E-state index >= 15 is 0 Å². The maximum Gasteiger partial charge on any atom is 0.417 e. The Morgan fingerprint density at radius 2 is 0.913 bits per heavy atom. The Kier molecular flexibility index (Phi) is 8.67. The molecule has 4 aromatic carbocycles. The van der Waals surface area contributed by atoms with Crippen molar-refractivity contribution in [3.8, 4) is 34.1 Å². The fourth-order valence-corrected chi connectivity index (χ4v) is 4.45. The van der Waals surface area contributed by atoms with E-state index < -0.39 is 92.6 Å². The van der Waals surface area contributed by atoms with Crippen LogP contribution in [0.25, 0.3) is 11.1 Å². The van der Waals surface area contributed by atoms with E-state index in [2.05, 4.69) is 0 Å². The van der Waals surface area contributed by atoms with Crippen molar-refractivity contribution in [2.75, 3.05) is 0 Å². The Hall–Kier alpha value is -6.06. The van der Waals surface area contributed by atoms with Gasteiger partial charge in [0.1, 0.15) is 22.6 Å². The molecule has 238 valence electrons. The van der Waals surface area contributed by atoms with E-state index in [4.69, 9.17) is 9.47 Å². The zero-order valence-electron chi connectivity index (χ0n) is 22.4. The Morgan fingerprint density at radius 3 is 1.33 bits per heavy atom. The van der Waals surface area contributed by atoms with Gasteiger partial charge in [0.05, 0.1) is 22.3 Å². The van der Waals surface area contributed by atoms with Gasteiger partial charge in [0.2, 0.25) is 0 Å². The number of carboxylic acid groups (broad SMARTS) is 4. The molecule has 0 aliphatic carbocycles. The minimum atomic E-state index is -5.30. The fraction of sp³-hybridized carbons (Fsp3) is 0.0667. The van der Waals surface area contributed by atoms with Crippen LogP contribution in [-0.2, 0) is 12.4 Å². The standard InChI is InChI=1S/C30H16F6O10/c31-29(32,33)15-9-11-17(22(27(41)42)20(15)25(37)38)45-19-8-4-7-14(13-5-2-1-3-6-13)24(19)46-18-12-10-16(30(34,35)36)21(26(39)40)23(18)28(43)44/h1-12H,(H,37,38)(H,39,40)(H,41,42)(H,43,44). The second-order valence-corrected chi connectivity index (χ2v) is 9.14. The van der Waals surface area contributed by atoms with Crippen molar-refractivity contribution in [2.24, 2.45) is 0 Å². The molecule has 0 saturated carbocycles. The van der Waals surface area contributed by atoms with Crippen LogP contribution in [0.4, 0.5) is 26.3 Å². The van der Waals surface area contributed by atoms with Gasteiger partial charge in [-0.2, -0.15) is 26.3 Å². The average molecular weight is 650 g/mol. The maximum atomic E-state index is 13.6. The normalized spacial score (nSPS) is 11.5. The first kappa shape index (κ1) is 32.8. The first-order valence-corrected chi connectivity index (χ1v) is 12.4. The summed E-state index contributed by atoms with van der Waals surface area (Å²) in [4.78, 5) is 47.8. The third-order valence-electron chi connectivity index (χ3n) is 6.30. The van der Waals surface area contributed by atoms with Crippen molar-refractivity contribution in [3.63, 3.8) is 0 Å². The molecule has 0 heterocycles. The van der Waals surface area contributed by atoms with Gasteiger partial charge in [0, 0.05) is 5.56 Å². The van der Waals surface area contributed by atoms with Crippen LogP contribution in [0.3, 0.4) is 0 Å². The van der Waals surface area contributed by atoms with Gasteiger partial charge in [-0.15, -0.1) is 0 Å². The van der Waals surface area contributed by atoms with Crippen molar-refractivity contribution < 1.29 is 75.4 Å². The highest BCUT2D eigenvalue weighted by atomic mass is 19.4. The summed E-state index contributed by atoms with van der Waals surface area (Å²) in [6.45, 7) is 0. The molecule has 0 aromatic heterocycles. The van der Waals surface area contributed by atoms with E-state index in [9.17, 15) is 65.9 Å². The number of para-hydroxylation sites is 1. The molecule has 0 amide bonds. The van der Waals surface area contributed by atoms with Gasteiger partial charge in [0.15, 0.2) is 11.5 Å². The van der Waals surface area contributed by atoms with Crippen LogP contribution in [0, 0.1) is 0 Å². The van der Waals surface area contributed by atoms with Gasteiger partial charge in [-0.1, -0.05) is 42.5 Å². The Morgan fingerprint density at radius 1 is 0.478 bits per heavy atom. The van der Waals surface area contributed by atoms with E-state index in [1.165, 1.54) is 36.4 Å². The average Bonchev–Trinajstić information content (AvgIpc) is 2.96. The molecule has 0 aliphatic rings. The molecule has 0 atom stereocenters. The number of hydrogen-bond donors (Lipinski definition) is 4. The predicted molar refractivity (Wildman–Crippen MR) is 143 cm³/mol. The van der Waals surface area contributed by atoms with Gasteiger partial charge in [-0.3, -0.25) is 0 Å². The highest BCUT2D eigenvalue weighted by molar-refractivity contribution is 6.06. The van der Waals surface area contributed by atoms with E-state index in [0.717, 1.165) is 6.07 Å². The smallest absolute Gasteiger partial charge is 0.417 e. The first-order valence-electron chi connectivity index (χ1n) is 12.4. The Labute approximate surface area is 252 Å². The summed E-state index contributed by atoms with van der Waals surface area (Å²) >= 11 is 0. The molecule has 4 N–H and O–H groups in total. The molecule has 16 heteroatoms. The number of carbonyl (C=O) groups is 4. The van der Waals surface area contributed by atoms with Gasteiger partial charge < -0.3 is 29.9 Å². The molecule has 0 unspecified atom stereocenters. The van der Waals surface area contributed by atoms with Gasteiger partial charge in [0.25, 0.3) is 0 Å². The van der Waals surface area contributed by atoms with E-state index in [1.54, 1.807) is 6.07 Å². The highest BCUT2D eigenvalue weighted by Crippen LogP contribution is 2.46. The molecular weight excluding hydrogens is 634 g/mol. The second kappa shape index (κ2) is 12.1. The van der Waals surface area contributed by atoms with Crippen LogP contribution < -0.4 is 9.47 Å². The minimum Gasteiger partial charge on any atom is -0.478 e. The zero-order valence-corrected chi connectivity index (χ0v) is 22.4. The number of hydrogen-bond acceptors (Lipinski definition) is 6. The third-order valence-corrected chi connectivity index (χ3v) is 6.30. The van der Waals surface area contributed by atoms with Gasteiger partial charge >= 0.3 is 36.2 Å². The number of ether oxygens (including phenoxy) is 2. The van der Waals surface area contributed by atoms with Crippen LogP contribution in [-0.4, -0.2) is 44.3 Å². The monoisotopic (exact) mass is 650 g/mol. The molecule has 10 nitrogen and oxygen atoms in total. The van der Waals surface area contributed by atoms with Crippen molar-refractivity contribution in [2.45, 2.75) is 12.4 Å². The summed E-state index contributed by atoms with van der Waals surface area (Å²) in [6, 6.07) is 12.9. The number of carboxylic acids is 4. The van der Waals surface area contributed by atoms with Crippen LogP contribution in [0.1, 0.15) is 52.6 Å². The van der Waals surface area contributed by atoms with Gasteiger partial charge in [-0.05, 0) is 35.9 Å². The second-order valence-electron chi connectivity index (χ2n) is 9.14. The summed E-state index contributed by atoms with van der Waals surface area (Å²) in [5, 5.41) is 38.5. The Balaban J connectivity index is 2.02. The molecular formula is C30H16F6O10. The molecule has 0 radical (unpaired) electrons. The van der Waals surface area contributed by atoms with E-state index in [0.29, 0.717) is 17.7 Å². The van der Waals surface area contributed by atoms with Crippen LogP contribution in [0.15, 0.2) is 72.8 Å². The third kappa shape index (κ3) is 6.40. The number of aromatic carboxylic acids is 4. The summed E-state index contributed by atoms with van der Waals surface area (Å²) in [5.41, 5.74) is -9.50. The number of rotatable bonds is 9. The quantitative estimate of drug-likeness (QED) is 0.131. The molecule has 0 bridgehead atoms. The lowest BCUT2D eigenvalue weighted by atomic mass is 9.98. The number of benzene rings is 4. The zero-order chi connectivity index (χ0) is 34.1. The summed E-state index contributed by atoms with van der Waals surface area (Å²) in [6.07, 6.45) is -10.6. The van der Waals surface area contributed by atoms with Gasteiger partial charge in [-0.25, -0.2) is 19.2 Å². The summed E-state index contributed by atoms with van der Waals surface area (Å²) in [5.74, 6) is -11.8. The lowest BCUT2D eigenvalue weighted by molar-refractivity contribution is -0.138. The lowest BCUT2D eigenvalue weighted by Crippen LogP contribution is -2.19. The lowest BCUT2D eigenvalue weighted by Gasteiger charge is -2.21. The van der Waals surface area contributed by atoms with E-state index in [-0.39, 0.29) is 17.7 Å². The minimum absolute atomic E-state index is 0.00783. The predicted octanol–water partition coefficient (Wildman–Crippen LogP) is 7.77. The maximum absolute atomic E-state index is 13.6. The highest BCUT2D eigenvalue weighted by Gasteiger charge is 2.41. The molecule has 0 spiro atoms. The van der Waals surface area contributed by atoms with Crippen LogP contribution in [0.2, 0.25) is 0 Å². The molecule has 4 aromatic rings. The number of alkyl halides is 6. The molecule has 46 heavy (non-hydrogen) atoms. The van der Waals surface area contributed by atoms with Crippen molar-refractivity contribution in [1.29, 1.82) is 0 Å². The largest absolute Gasteiger partial charge is 0.478 e. The van der Waals surface area contributed by atoms with Crippen LogP contribution >= 0.6 is 0 Å². The topological polar surface area (TPSA) is 168 Å². The molecule has 0 aliphatic heterocycles. The number of halogens is 6. The van der Waals surface area contributed by atoms with Crippen molar-refractivity contribution >= 4 is 23.9 Å². The first-order chi connectivity index (χ1) is 21.4. The fourth-order valence-electron chi connectivity index (χ4n) is 4.45.